The topological polar surface area (TPSA) is 97.9 Å². The third kappa shape index (κ3) is 4.58. The molecule has 3 aromatic carbocycles. The number of ether oxygens (including phenoxy) is 3. The zero-order valence-electron chi connectivity index (χ0n) is 18.7. The van der Waals surface area contributed by atoms with Crippen LogP contribution in [0.1, 0.15) is 11.1 Å². The first-order valence-corrected chi connectivity index (χ1v) is 12.5. The quantitative estimate of drug-likeness (QED) is 0.396. The molecule has 0 unspecified atom stereocenters. The summed E-state index contributed by atoms with van der Waals surface area (Å²) in [6.07, 6.45) is 0. The molecule has 0 spiro atoms. The number of H-pyrrole nitrogens is 1. The van der Waals surface area contributed by atoms with Crippen LogP contribution in [0.4, 0.5) is 0 Å². The minimum Gasteiger partial charge on any atom is -0.497 e. The molecular formula is C25H21ClN2O6S. The van der Waals surface area contributed by atoms with E-state index in [0.29, 0.717) is 33.9 Å². The number of hydrogen-bond acceptors (Lipinski definition) is 6. The summed E-state index contributed by atoms with van der Waals surface area (Å²) in [6.45, 7) is -0.0682. The first-order chi connectivity index (χ1) is 16.8. The van der Waals surface area contributed by atoms with Crippen molar-refractivity contribution in [1.82, 2.24) is 9.29 Å². The maximum Gasteiger partial charge on any atom is 0.252 e. The van der Waals surface area contributed by atoms with Crippen LogP contribution in [-0.2, 0) is 23.1 Å². The van der Waals surface area contributed by atoms with Crippen LogP contribution in [0.15, 0.2) is 76.4 Å². The molecule has 10 heteroatoms. The summed E-state index contributed by atoms with van der Waals surface area (Å²) < 4.78 is 44.7. The van der Waals surface area contributed by atoms with Crippen molar-refractivity contribution < 1.29 is 22.6 Å². The molecule has 0 radical (unpaired) electrons. The van der Waals surface area contributed by atoms with Gasteiger partial charge in [-0.05, 0) is 53.4 Å². The minimum atomic E-state index is -4.07. The van der Waals surface area contributed by atoms with Gasteiger partial charge in [-0.2, -0.15) is 4.31 Å². The van der Waals surface area contributed by atoms with Crippen LogP contribution in [-0.4, -0.2) is 31.6 Å². The molecule has 0 saturated heterocycles. The Morgan fingerprint density at radius 3 is 2.60 bits per heavy atom. The zero-order valence-corrected chi connectivity index (χ0v) is 20.2. The first kappa shape index (κ1) is 23.2. The number of benzene rings is 3. The monoisotopic (exact) mass is 512 g/mol. The highest BCUT2D eigenvalue weighted by Crippen LogP contribution is 2.34. The van der Waals surface area contributed by atoms with Crippen LogP contribution in [0.5, 0.6) is 17.2 Å². The highest BCUT2D eigenvalue weighted by Gasteiger charge is 2.28. The predicted molar refractivity (Wildman–Crippen MR) is 132 cm³/mol. The van der Waals surface area contributed by atoms with Crippen LogP contribution in [0, 0.1) is 0 Å². The van der Waals surface area contributed by atoms with E-state index < -0.39 is 15.6 Å². The van der Waals surface area contributed by atoms with Crippen molar-refractivity contribution in [3.05, 3.63) is 93.2 Å². The molecule has 0 saturated carbocycles. The average Bonchev–Trinajstić information content (AvgIpc) is 3.32. The number of nitrogens with zero attached hydrogens (tertiary/aromatic N) is 1. The van der Waals surface area contributed by atoms with Crippen molar-refractivity contribution in [1.29, 1.82) is 0 Å². The molecule has 1 aliphatic rings. The number of nitrogens with one attached hydrogen (secondary N) is 1. The van der Waals surface area contributed by atoms with E-state index in [1.165, 1.54) is 16.4 Å². The number of halogens is 1. The number of methoxy groups -OCH3 is 1. The Morgan fingerprint density at radius 1 is 1.00 bits per heavy atom. The van der Waals surface area contributed by atoms with Gasteiger partial charge in [0.1, 0.15) is 10.6 Å². The van der Waals surface area contributed by atoms with Gasteiger partial charge in [0.25, 0.3) is 5.56 Å². The molecule has 8 nitrogen and oxygen atoms in total. The molecule has 0 aliphatic carbocycles. The minimum absolute atomic E-state index is 0.00964. The second kappa shape index (κ2) is 9.26. The molecule has 1 aromatic heterocycles. The molecule has 35 heavy (non-hydrogen) atoms. The number of pyridine rings is 1. The number of fused-ring (bicyclic) bond motifs is 2. The van der Waals surface area contributed by atoms with Gasteiger partial charge in [-0.3, -0.25) is 4.79 Å². The molecule has 0 fully saturated rings. The van der Waals surface area contributed by atoms with Crippen molar-refractivity contribution >= 4 is 32.5 Å². The smallest absolute Gasteiger partial charge is 0.252 e. The Labute approximate surface area is 206 Å². The summed E-state index contributed by atoms with van der Waals surface area (Å²) in [5.74, 6) is 1.73. The molecule has 5 rings (SSSR count). The summed E-state index contributed by atoms with van der Waals surface area (Å²) in [5.41, 5.74) is 1.16. The van der Waals surface area contributed by atoms with Gasteiger partial charge >= 0.3 is 0 Å². The molecule has 1 N–H and O–H groups in total. The van der Waals surface area contributed by atoms with E-state index in [9.17, 15) is 13.2 Å². The van der Waals surface area contributed by atoms with Gasteiger partial charge in [-0.25, -0.2) is 8.42 Å². The van der Waals surface area contributed by atoms with E-state index >= 15 is 0 Å². The van der Waals surface area contributed by atoms with Gasteiger partial charge in [-0.15, -0.1) is 0 Å². The number of aromatic amines is 1. The summed E-state index contributed by atoms with van der Waals surface area (Å²) in [6, 6.07) is 18.4. The predicted octanol–water partition coefficient (Wildman–Crippen LogP) is 4.31. The summed E-state index contributed by atoms with van der Waals surface area (Å²) in [5, 5.41) is 0.848. The van der Waals surface area contributed by atoms with Gasteiger partial charge in [0.15, 0.2) is 11.5 Å². The largest absolute Gasteiger partial charge is 0.497 e. The van der Waals surface area contributed by atoms with E-state index in [2.05, 4.69) is 4.98 Å². The maximum atomic E-state index is 13.7. The van der Waals surface area contributed by atoms with Crippen LogP contribution in [0.2, 0.25) is 5.02 Å². The normalized spacial score (nSPS) is 12.9. The molecule has 1 aliphatic heterocycles. The third-order valence-corrected chi connectivity index (χ3v) is 8.02. The molecular weight excluding hydrogens is 492 g/mol. The Kier molecular flexibility index (Phi) is 6.14. The standard InChI is InChI=1S/C25H21ClN2O6S/c1-32-19-8-7-17-11-18(25(29)27-21(17)12-19)14-28(35(30,31)24-5-3-2-4-20(24)26)13-16-6-9-22-23(10-16)34-15-33-22/h2-12H,13-15H2,1H3,(H,27,29). The van der Waals surface area contributed by atoms with Crippen LogP contribution in [0.25, 0.3) is 10.9 Å². The van der Waals surface area contributed by atoms with Gasteiger partial charge in [0, 0.05) is 24.7 Å². The maximum absolute atomic E-state index is 13.7. The van der Waals surface area contributed by atoms with Crippen molar-refractivity contribution in [3.8, 4) is 17.2 Å². The second-order valence-electron chi connectivity index (χ2n) is 7.97. The van der Waals surface area contributed by atoms with Crippen molar-refractivity contribution in [3.63, 3.8) is 0 Å². The fraction of sp³-hybridized carbons (Fsp3) is 0.160. The van der Waals surface area contributed by atoms with Gasteiger partial charge < -0.3 is 19.2 Å². The number of sulfonamides is 1. The Morgan fingerprint density at radius 2 is 1.80 bits per heavy atom. The van der Waals surface area contributed by atoms with Gasteiger partial charge in [0.05, 0.1) is 17.6 Å². The first-order valence-electron chi connectivity index (χ1n) is 10.7. The van der Waals surface area contributed by atoms with Crippen LogP contribution < -0.4 is 19.8 Å². The van der Waals surface area contributed by atoms with E-state index in [4.69, 9.17) is 25.8 Å². The number of hydrogen-bond donors (Lipinski definition) is 1. The average molecular weight is 513 g/mol. The lowest BCUT2D eigenvalue weighted by atomic mass is 10.1. The highest BCUT2D eigenvalue weighted by atomic mass is 35.5. The fourth-order valence-corrected chi connectivity index (χ4v) is 5.82. The highest BCUT2D eigenvalue weighted by molar-refractivity contribution is 7.89. The Hall–Kier alpha value is -3.53. The number of rotatable bonds is 7. The van der Waals surface area contributed by atoms with Crippen LogP contribution >= 0.6 is 11.6 Å². The lowest BCUT2D eigenvalue weighted by molar-refractivity contribution is 0.174. The zero-order chi connectivity index (χ0) is 24.6. The molecule has 2 heterocycles. The molecule has 0 bridgehead atoms. The van der Waals surface area contributed by atoms with Crippen molar-refractivity contribution in [2.24, 2.45) is 0 Å². The van der Waals surface area contributed by atoms with Gasteiger partial charge in [-0.1, -0.05) is 29.8 Å². The third-order valence-electron chi connectivity index (χ3n) is 5.73. The van der Waals surface area contributed by atoms with Gasteiger partial charge in [0.2, 0.25) is 16.8 Å². The van der Waals surface area contributed by atoms with E-state index in [1.807, 2.05) is 0 Å². The molecule has 0 amide bonds. The van der Waals surface area contributed by atoms with E-state index in [1.54, 1.807) is 61.7 Å². The summed E-state index contributed by atoms with van der Waals surface area (Å²) in [4.78, 5) is 15.7. The molecule has 180 valence electrons. The van der Waals surface area contributed by atoms with Crippen molar-refractivity contribution in [2.75, 3.05) is 13.9 Å². The molecule has 4 aromatic rings. The summed E-state index contributed by atoms with van der Waals surface area (Å²) >= 11 is 6.25. The lowest BCUT2D eigenvalue weighted by Crippen LogP contribution is -2.32. The Balaban J connectivity index is 1.56. The fourth-order valence-electron chi connectivity index (χ4n) is 3.92. The Bertz CT molecular complexity index is 1580. The summed E-state index contributed by atoms with van der Waals surface area (Å²) in [7, 11) is -2.52. The number of aromatic nitrogens is 1. The van der Waals surface area contributed by atoms with Crippen LogP contribution in [0.3, 0.4) is 0 Å². The second-order valence-corrected chi connectivity index (χ2v) is 10.3. The lowest BCUT2D eigenvalue weighted by Gasteiger charge is -2.23. The van der Waals surface area contributed by atoms with Crippen molar-refractivity contribution in [2.45, 2.75) is 18.0 Å². The van der Waals surface area contributed by atoms with E-state index in [0.717, 1.165) is 5.39 Å². The molecule has 0 atom stereocenters. The van der Waals surface area contributed by atoms with E-state index in [-0.39, 0.29) is 29.8 Å². The SMILES string of the molecule is COc1ccc2cc(CN(Cc3ccc4c(c3)OCO4)S(=O)(=O)c3ccccc3Cl)c(=O)[nH]c2c1.